The van der Waals surface area contributed by atoms with Gasteiger partial charge >= 0.3 is 0 Å². The number of rotatable bonds is 4. The minimum absolute atomic E-state index is 0.0312. The normalized spacial score (nSPS) is 21.0. The molecule has 0 bridgehead atoms. The molecular formula is C16H22BrClFNO. The van der Waals surface area contributed by atoms with E-state index in [1.807, 2.05) is 13.8 Å². The average molecular weight is 379 g/mol. The van der Waals surface area contributed by atoms with Crippen molar-refractivity contribution >= 4 is 27.5 Å². The maximum absolute atomic E-state index is 14.4. The van der Waals surface area contributed by atoms with Gasteiger partial charge in [-0.05, 0) is 61.3 Å². The van der Waals surface area contributed by atoms with E-state index in [0.717, 1.165) is 32.4 Å². The summed E-state index contributed by atoms with van der Waals surface area (Å²) in [6.07, 6.45) is 3.34. The Hall–Kier alpha value is -0.160. The zero-order valence-corrected chi connectivity index (χ0v) is 14.8. The number of benzene rings is 1. The van der Waals surface area contributed by atoms with Crippen molar-refractivity contribution in [3.8, 4) is 0 Å². The average Bonchev–Trinajstić information content (AvgIpc) is 2.52. The lowest BCUT2D eigenvalue weighted by molar-refractivity contribution is -0.0367. The first-order valence-electron chi connectivity index (χ1n) is 7.48. The summed E-state index contributed by atoms with van der Waals surface area (Å²) in [5, 5.41) is 10.9. The number of aliphatic hydroxyl groups is 1. The molecule has 0 spiro atoms. The summed E-state index contributed by atoms with van der Waals surface area (Å²) in [4.78, 5) is 2.29. The number of likely N-dealkylation sites (tertiary alicyclic amines) is 1. The van der Waals surface area contributed by atoms with E-state index in [1.165, 1.54) is 6.42 Å². The molecule has 1 saturated heterocycles. The summed E-state index contributed by atoms with van der Waals surface area (Å²) in [5.41, 5.74) is -0.198. The first-order valence-corrected chi connectivity index (χ1v) is 8.65. The molecule has 1 heterocycles. The Labute approximate surface area is 139 Å². The number of piperidine rings is 1. The van der Waals surface area contributed by atoms with Crippen LogP contribution < -0.4 is 0 Å². The van der Waals surface area contributed by atoms with Gasteiger partial charge in [-0.2, -0.15) is 0 Å². The van der Waals surface area contributed by atoms with Crippen LogP contribution >= 0.6 is 27.5 Å². The SMILES string of the molecule is CCC(C)(C(O)c1ccc(Br)c(Cl)c1F)N1CCCCC1. The van der Waals surface area contributed by atoms with Crippen molar-refractivity contribution < 1.29 is 9.50 Å². The molecule has 1 aliphatic rings. The fourth-order valence-electron chi connectivity index (χ4n) is 3.08. The standard InChI is InChI=1S/C16H22BrClFNO/c1-3-16(2,20-9-5-4-6-10-20)15(21)11-7-8-12(17)13(18)14(11)19/h7-8,15,21H,3-6,9-10H2,1-2H3. The van der Waals surface area contributed by atoms with Crippen molar-refractivity contribution in [2.75, 3.05) is 13.1 Å². The zero-order chi connectivity index (χ0) is 15.6. The molecule has 1 fully saturated rings. The lowest BCUT2D eigenvalue weighted by atomic mass is 9.83. The molecule has 2 nitrogen and oxygen atoms in total. The molecule has 2 unspecified atom stereocenters. The lowest BCUT2D eigenvalue weighted by Gasteiger charge is -2.46. The molecule has 0 aromatic heterocycles. The molecule has 1 aliphatic heterocycles. The molecule has 5 heteroatoms. The number of halogens is 3. The summed E-state index contributed by atoms with van der Waals surface area (Å²) >= 11 is 9.17. The third kappa shape index (κ3) is 3.29. The second-order valence-electron chi connectivity index (χ2n) is 5.93. The Bertz CT molecular complexity index is 507. The van der Waals surface area contributed by atoms with E-state index in [4.69, 9.17) is 11.6 Å². The number of nitrogens with zero attached hydrogens (tertiary/aromatic N) is 1. The van der Waals surface area contributed by atoms with Crippen LogP contribution in [-0.4, -0.2) is 28.6 Å². The molecule has 1 aromatic carbocycles. The Balaban J connectivity index is 2.35. The van der Waals surface area contributed by atoms with E-state index in [9.17, 15) is 9.50 Å². The molecule has 21 heavy (non-hydrogen) atoms. The van der Waals surface area contributed by atoms with Crippen LogP contribution in [0.5, 0.6) is 0 Å². The van der Waals surface area contributed by atoms with E-state index < -0.39 is 17.5 Å². The van der Waals surface area contributed by atoms with Gasteiger partial charge in [-0.3, -0.25) is 4.90 Å². The Morgan fingerprint density at radius 3 is 2.57 bits per heavy atom. The van der Waals surface area contributed by atoms with Gasteiger partial charge in [0.2, 0.25) is 0 Å². The van der Waals surface area contributed by atoms with Crippen LogP contribution in [0.3, 0.4) is 0 Å². The van der Waals surface area contributed by atoms with Crippen molar-refractivity contribution in [2.45, 2.75) is 51.2 Å². The molecule has 0 radical (unpaired) electrons. The second-order valence-corrected chi connectivity index (χ2v) is 7.16. The fourth-order valence-corrected chi connectivity index (χ4v) is 3.56. The van der Waals surface area contributed by atoms with Gasteiger partial charge < -0.3 is 5.11 Å². The highest BCUT2D eigenvalue weighted by molar-refractivity contribution is 9.10. The number of hydrogen-bond acceptors (Lipinski definition) is 2. The summed E-state index contributed by atoms with van der Waals surface area (Å²) in [7, 11) is 0. The third-order valence-electron chi connectivity index (χ3n) is 4.74. The van der Waals surface area contributed by atoms with Gasteiger partial charge in [0.25, 0.3) is 0 Å². The van der Waals surface area contributed by atoms with E-state index in [0.29, 0.717) is 4.47 Å². The summed E-state index contributed by atoms with van der Waals surface area (Å²) in [5.74, 6) is -0.532. The van der Waals surface area contributed by atoms with Gasteiger partial charge in [0.1, 0.15) is 5.82 Å². The minimum Gasteiger partial charge on any atom is -0.386 e. The highest BCUT2D eigenvalue weighted by Crippen LogP contribution is 2.39. The van der Waals surface area contributed by atoms with Gasteiger partial charge in [0.05, 0.1) is 11.1 Å². The molecule has 1 N–H and O–H groups in total. The maximum Gasteiger partial charge on any atom is 0.148 e. The van der Waals surface area contributed by atoms with Crippen LogP contribution in [0.4, 0.5) is 4.39 Å². The van der Waals surface area contributed by atoms with Gasteiger partial charge in [0, 0.05) is 15.6 Å². The van der Waals surface area contributed by atoms with Crippen molar-refractivity contribution in [2.24, 2.45) is 0 Å². The second kappa shape index (κ2) is 6.95. The van der Waals surface area contributed by atoms with Crippen LogP contribution in [0.15, 0.2) is 16.6 Å². The molecule has 2 rings (SSSR count). The van der Waals surface area contributed by atoms with Crippen LogP contribution in [-0.2, 0) is 0 Å². The van der Waals surface area contributed by atoms with E-state index in [2.05, 4.69) is 20.8 Å². The molecule has 0 amide bonds. The summed E-state index contributed by atoms with van der Waals surface area (Å²) < 4.78 is 14.9. The monoisotopic (exact) mass is 377 g/mol. The lowest BCUT2D eigenvalue weighted by Crippen LogP contribution is -2.52. The van der Waals surface area contributed by atoms with Gasteiger partial charge in [-0.1, -0.05) is 31.0 Å². The van der Waals surface area contributed by atoms with Crippen LogP contribution in [0, 0.1) is 5.82 Å². The van der Waals surface area contributed by atoms with Gasteiger partial charge in [0.15, 0.2) is 0 Å². The van der Waals surface area contributed by atoms with Crippen LogP contribution in [0.25, 0.3) is 0 Å². The predicted molar refractivity (Wildman–Crippen MR) is 88.2 cm³/mol. The molecule has 0 aliphatic carbocycles. The van der Waals surface area contributed by atoms with Crippen molar-refractivity contribution in [1.82, 2.24) is 4.90 Å². The zero-order valence-electron chi connectivity index (χ0n) is 12.5. The van der Waals surface area contributed by atoms with E-state index in [1.54, 1.807) is 12.1 Å². The van der Waals surface area contributed by atoms with Crippen molar-refractivity contribution in [3.05, 3.63) is 33.0 Å². The third-order valence-corrected chi connectivity index (χ3v) is 6.00. The topological polar surface area (TPSA) is 23.5 Å². The smallest absolute Gasteiger partial charge is 0.148 e. The molecule has 1 aromatic rings. The largest absolute Gasteiger partial charge is 0.386 e. The fraction of sp³-hybridized carbons (Fsp3) is 0.625. The molecule has 118 valence electrons. The van der Waals surface area contributed by atoms with Crippen molar-refractivity contribution in [3.63, 3.8) is 0 Å². The summed E-state index contributed by atoms with van der Waals surface area (Å²) in [6.45, 7) is 5.95. The number of aliphatic hydroxyl groups excluding tert-OH is 1. The quantitative estimate of drug-likeness (QED) is 0.751. The maximum atomic E-state index is 14.4. The Kier molecular flexibility index (Phi) is 5.69. The van der Waals surface area contributed by atoms with Gasteiger partial charge in [-0.25, -0.2) is 4.39 Å². The number of hydrogen-bond donors (Lipinski definition) is 1. The van der Waals surface area contributed by atoms with Crippen molar-refractivity contribution in [1.29, 1.82) is 0 Å². The summed E-state index contributed by atoms with van der Waals surface area (Å²) in [6, 6.07) is 3.31. The van der Waals surface area contributed by atoms with Gasteiger partial charge in [-0.15, -0.1) is 0 Å². The Morgan fingerprint density at radius 1 is 1.38 bits per heavy atom. The Morgan fingerprint density at radius 2 is 2.00 bits per heavy atom. The highest BCUT2D eigenvalue weighted by Gasteiger charge is 2.40. The molecule has 2 atom stereocenters. The molecule has 0 saturated carbocycles. The van der Waals surface area contributed by atoms with Crippen LogP contribution in [0.1, 0.15) is 51.2 Å². The highest BCUT2D eigenvalue weighted by atomic mass is 79.9. The molecular weight excluding hydrogens is 357 g/mol. The first-order chi connectivity index (χ1) is 9.91. The van der Waals surface area contributed by atoms with Crippen LogP contribution in [0.2, 0.25) is 5.02 Å². The van der Waals surface area contributed by atoms with E-state index in [-0.39, 0.29) is 10.6 Å². The predicted octanol–water partition coefficient (Wildman–Crippen LogP) is 4.93. The van der Waals surface area contributed by atoms with E-state index >= 15 is 0 Å². The first kappa shape index (κ1) is 17.2. The minimum atomic E-state index is -0.897.